The van der Waals surface area contributed by atoms with Crippen molar-refractivity contribution in [1.29, 1.82) is 0 Å². The SMILES string of the molecule is CCC1CCCCN1CCNC(=NC)NCCCn1cnc2ccccc21. The molecule has 0 amide bonds. The number of hydrogen-bond acceptors (Lipinski definition) is 3. The Bertz CT molecular complexity index is 722. The number of guanidine groups is 1. The molecule has 0 saturated carbocycles. The van der Waals surface area contributed by atoms with Gasteiger partial charge in [0.2, 0.25) is 0 Å². The molecule has 0 spiro atoms. The van der Waals surface area contributed by atoms with Crippen LogP contribution < -0.4 is 10.6 Å². The van der Waals surface area contributed by atoms with E-state index < -0.39 is 0 Å². The lowest BCUT2D eigenvalue weighted by Gasteiger charge is -2.35. The first kappa shape index (κ1) is 19.7. The van der Waals surface area contributed by atoms with Crippen LogP contribution in [-0.4, -0.2) is 59.7 Å². The highest BCUT2D eigenvalue weighted by Crippen LogP contribution is 2.18. The summed E-state index contributed by atoms with van der Waals surface area (Å²) in [6.45, 7) is 7.44. The molecule has 6 heteroatoms. The molecule has 1 aliphatic heterocycles. The van der Waals surface area contributed by atoms with Crippen molar-refractivity contribution in [2.75, 3.05) is 33.2 Å². The molecule has 1 unspecified atom stereocenters. The number of nitrogens with zero attached hydrogens (tertiary/aromatic N) is 4. The summed E-state index contributed by atoms with van der Waals surface area (Å²) in [5, 5.41) is 6.89. The lowest BCUT2D eigenvalue weighted by molar-refractivity contribution is 0.147. The Balaban J connectivity index is 1.35. The van der Waals surface area contributed by atoms with E-state index in [0.717, 1.165) is 50.1 Å². The van der Waals surface area contributed by atoms with Gasteiger partial charge in [-0.3, -0.25) is 9.89 Å². The molecule has 2 N–H and O–H groups in total. The van der Waals surface area contributed by atoms with Gasteiger partial charge in [-0.1, -0.05) is 25.5 Å². The van der Waals surface area contributed by atoms with Crippen molar-refractivity contribution in [3.8, 4) is 0 Å². The van der Waals surface area contributed by atoms with Gasteiger partial charge in [0.15, 0.2) is 5.96 Å². The molecule has 148 valence electrons. The van der Waals surface area contributed by atoms with Crippen LogP contribution in [0.25, 0.3) is 11.0 Å². The van der Waals surface area contributed by atoms with Gasteiger partial charge in [0.05, 0.1) is 17.4 Å². The highest BCUT2D eigenvalue weighted by atomic mass is 15.2. The number of piperidine rings is 1. The minimum atomic E-state index is 0.764. The van der Waals surface area contributed by atoms with E-state index in [1.165, 1.54) is 37.7 Å². The van der Waals surface area contributed by atoms with Gasteiger partial charge < -0.3 is 15.2 Å². The summed E-state index contributed by atoms with van der Waals surface area (Å²) in [4.78, 5) is 11.4. The van der Waals surface area contributed by atoms with Crippen molar-refractivity contribution < 1.29 is 0 Å². The zero-order chi connectivity index (χ0) is 18.9. The summed E-state index contributed by atoms with van der Waals surface area (Å²) in [6.07, 6.45) is 8.30. The minimum absolute atomic E-state index is 0.764. The van der Waals surface area contributed by atoms with Gasteiger partial charge in [-0.2, -0.15) is 0 Å². The first-order valence-electron chi connectivity index (χ1n) is 10.4. The van der Waals surface area contributed by atoms with Crippen LogP contribution >= 0.6 is 0 Å². The highest BCUT2D eigenvalue weighted by Gasteiger charge is 2.19. The molecule has 1 saturated heterocycles. The monoisotopic (exact) mass is 370 g/mol. The maximum absolute atomic E-state index is 4.45. The number of aliphatic imine (C=N–C) groups is 1. The van der Waals surface area contributed by atoms with Gasteiger partial charge in [-0.05, 0) is 44.4 Å². The second kappa shape index (κ2) is 10.3. The lowest BCUT2D eigenvalue weighted by Crippen LogP contribution is -2.46. The summed E-state index contributed by atoms with van der Waals surface area (Å²) in [5.41, 5.74) is 2.26. The first-order chi connectivity index (χ1) is 13.3. The minimum Gasteiger partial charge on any atom is -0.356 e. The Morgan fingerprint density at radius 2 is 2.04 bits per heavy atom. The average Bonchev–Trinajstić information content (AvgIpc) is 3.13. The van der Waals surface area contributed by atoms with Crippen molar-refractivity contribution in [1.82, 2.24) is 25.1 Å². The Morgan fingerprint density at radius 3 is 2.89 bits per heavy atom. The molecular formula is C21H34N6. The number of fused-ring (bicyclic) bond motifs is 1. The maximum Gasteiger partial charge on any atom is 0.191 e. The number of hydrogen-bond donors (Lipinski definition) is 2. The van der Waals surface area contributed by atoms with Crippen molar-refractivity contribution in [2.24, 2.45) is 4.99 Å². The van der Waals surface area contributed by atoms with E-state index in [4.69, 9.17) is 0 Å². The normalized spacial score (nSPS) is 18.7. The smallest absolute Gasteiger partial charge is 0.191 e. The molecular weight excluding hydrogens is 336 g/mol. The van der Waals surface area contributed by atoms with Gasteiger partial charge in [0.1, 0.15) is 0 Å². The zero-order valence-corrected chi connectivity index (χ0v) is 16.8. The Kier molecular flexibility index (Phi) is 7.51. The Hall–Kier alpha value is -2.08. The number of nitrogens with one attached hydrogen (secondary N) is 2. The summed E-state index contributed by atoms with van der Waals surface area (Å²) >= 11 is 0. The van der Waals surface area contributed by atoms with Crippen LogP contribution in [0.4, 0.5) is 0 Å². The van der Waals surface area contributed by atoms with Crippen LogP contribution in [0, 0.1) is 0 Å². The van der Waals surface area contributed by atoms with E-state index in [9.17, 15) is 0 Å². The molecule has 27 heavy (non-hydrogen) atoms. The van der Waals surface area contributed by atoms with Crippen LogP contribution in [0.5, 0.6) is 0 Å². The third-order valence-electron chi connectivity index (χ3n) is 5.53. The fourth-order valence-corrected chi connectivity index (χ4v) is 4.00. The number of para-hydroxylation sites is 2. The largest absolute Gasteiger partial charge is 0.356 e. The molecule has 2 heterocycles. The Morgan fingerprint density at radius 1 is 1.19 bits per heavy atom. The second-order valence-electron chi connectivity index (χ2n) is 7.30. The fraction of sp³-hybridized carbons (Fsp3) is 0.619. The van der Waals surface area contributed by atoms with Crippen molar-refractivity contribution in [2.45, 2.75) is 51.6 Å². The van der Waals surface area contributed by atoms with E-state index >= 15 is 0 Å². The first-order valence-corrected chi connectivity index (χ1v) is 10.4. The van der Waals surface area contributed by atoms with E-state index in [1.54, 1.807) is 0 Å². The maximum atomic E-state index is 4.45. The van der Waals surface area contributed by atoms with Crippen LogP contribution in [0.2, 0.25) is 0 Å². The van der Waals surface area contributed by atoms with Gasteiger partial charge in [0, 0.05) is 39.3 Å². The number of rotatable bonds is 8. The number of benzene rings is 1. The quantitative estimate of drug-likeness (QED) is 0.426. The van der Waals surface area contributed by atoms with Crippen molar-refractivity contribution >= 4 is 17.0 Å². The molecule has 2 aromatic rings. The van der Waals surface area contributed by atoms with Crippen LogP contribution in [-0.2, 0) is 6.54 Å². The third kappa shape index (κ3) is 5.45. The summed E-state index contributed by atoms with van der Waals surface area (Å²) in [5.74, 6) is 0.899. The van der Waals surface area contributed by atoms with Gasteiger partial charge >= 0.3 is 0 Å². The van der Waals surface area contributed by atoms with Crippen molar-refractivity contribution in [3.05, 3.63) is 30.6 Å². The molecule has 0 aliphatic carbocycles. The summed E-state index contributed by atoms with van der Waals surface area (Å²) in [7, 11) is 1.84. The number of aromatic nitrogens is 2. The number of imidazole rings is 1. The third-order valence-corrected chi connectivity index (χ3v) is 5.53. The predicted octanol–water partition coefficient (Wildman–Crippen LogP) is 2.86. The lowest BCUT2D eigenvalue weighted by atomic mass is 10.0. The fourth-order valence-electron chi connectivity index (χ4n) is 4.00. The Labute approximate surface area is 163 Å². The van der Waals surface area contributed by atoms with Gasteiger partial charge in [-0.25, -0.2) is 4.98 Å². The summed E-state index contributed by atoms with van der Waals surface area (Å²) in [6, 6.07) is 9.04. The topological polar surface area (TPSA) is 57.5 Å². The molecule has 1 atom stereocenters. The van der Waals surface area contributed by atoms with Crippen molar-refractivity contribution in [3.63, 3.8) is 0 Å². The molecule has 3 rings (SSSR count). The van der Waals surface area contributed by atoms with Crippen LogP contribution in [0.3, 0.4) is 0 Å². The second-order valence-corrected chi connectivity index (χ2v) is 7.30. The highest BCUT2D eigenvalue weighted by molar-refractivity contribution is 5.79. The van der Waals surface area contributed by atoms with Crippen LogP contribution in [0.15, 0.2) is 35.6 Å². The molecule has 1 aromatic carbocycles. The average molecular weight is 371 g/mol. The van der Waals surface area contributed by atoms with E-state index in [0.29, 0.717) is 0 Å². The molecule has 0 bridgehead atoms. The predicted molar refractivity (Wildman–Crippen MR) is 113 cm³/mol. The zero-order valence-electron chi connectivity index (χ0n) is 16.8. The molecule has 0 radical (unpaired) electrons. The van der Waals surface area contributed by atoms with E-state index in [-0.39, 0.29) is 0 Å². The van der Waals surface area contributed by atoms with Gasteiger partial charge in [-0.15, -0.1) is 0 Å². The van der Waals surface area contributed by atoms with Crippen LogP contribution in [0.1, 0.15) is 39.0 Å². The molecule has 6 nitrogen and oxygen atoms in total. The molecule has 1 aliphatic rings. The standard InChI is InChI=1S/C21H34N6/c1-3-18-9-6-7-14-26(18)16-13-24-21(22-2)23-12-8-15-27-17-25-19-10-4-5-11-20(19)27/h4-5,10-11,17-18H,3,6-9,12-16H2,1-2H3,(H2,22,23,24). The summed E-state index contributed by atoms with van der Waals surface area (Å²) < 4.78 is 2.22. The number of aryl methyl sites for hydroxylation is 1. The molecule has 1 fully saturated rings. The molecule has 1 aromatic heterocycles. The number of likely N-dealkylation sites (tertiary alicyclic amines) is 1. The van der Waals surface area contributed by atoms with Gasteiger partial charge in [0.25, 0.3) is 0 Å². The van der Waals surface area contributed by atoms with E-state index in [1.807, 2.05) is 19.4 Å². The van der Waals surface area contributed by atoms with E-state index in [2.05, 4.69) is 55.2 Å².